The summed E-state index contributed by atoms with van der Waals surface area (Å²) in [5, 5.41) is 5.45. The van der Waals surface area contributed by atoms with Crippen LogP contribution in [0.15, 0.2) is 29.6 Å². The zero-order chi connectivity index (χ0) is 17.6. The molecule has 1 heterocycles. The lowest BCUT2D eigenvalue weighted by Gasteiger charge is -2.19. The van der Waals surface area contributed by atoms with Crippen molar-refractivity contribution < 1.29 is 9.53 Å². The maximum atomic E-state index is 12.0. The number of hydrogen-bond acceptors (Lipinski definition) is 5. The van der Waals surface area contributed by atoms with Crippen LogP contribution < -0.4 is 15.8 Å². The highest BCUT2D eigenvalue weighted by molar-refractivity contribution is 7.09. The molecule has 0 aliphatic rings. The molecule has 0 unspecified atom stereocenters. The first-order valence-corrected chi connectivity index (χ1v) is 8.94. The van der Waals surface area contributed by atoms with Gasteiger partial charge in [0.25, 0.3) is 5.91 Å². The van der Waals surface area contributed by atoms with Crippen molar-refractivity contribution in [3.8, 4) is 5.75 Å². The van der Waals surface area contributed by atoms with Gasteiger partial charge in [0.15, 0.2) is 0 Å². The van der Waals surface area contributed by atoms with Gasteiger partial charge in [0.1, 0.15) is 18.1 Å². The Morgan fingerprint density at radius 3 is 2.62 bits per heavy atom. The van der Waals surface area contributed by atoms with Crippen molar-refractivity contribution in [2.24, 2.45) is 5.73 Å². The Balaban J connectivity index is 1.75. The van der Waals surface area contributed by atoms with Crippen molar-refractivity contribution in [1.29, 1.82) is 0 Å². The molecule has 1 aromatic carbocycles. The molecule has 0 aliphatic carbocycles. The predicted octanol–water partition coefficient (Wildman–Crippen LogP) is 2.75. The number of nitrogens with zero attached hydrogens (tertiary/aromatic N) is 1. The third-order valence-corrected chi connectivity index (χ3v) is 4.43. The Hall–Kier alpha value is -1.92. The van der Waals surface area contributed by atoms with Crippen LogP contribution in [-0.4, -0.2) is 30.6 Å². The molecule has 0 spiro atoms. The summed E-state index contributed by atoms with van der Waals surface area (Å²) in [6.45, 7) is 7.92. The molecule has 2 rings (SSSR count). The van der Waals surface area contributed by atoms with Gasteiger partial charge in [-0.15, -0.1) is 11.3 Å². The minimum Gasteiger partial charge on any atom is -0.492 e. The third kappa shape index (κ3) is 5.32. The van der Waals surface area contributed by atoms with E-state index in [1.807, 2.05) is 12.1 Å². The molecule has 0 fully saturated rings. The average Bonchev–Trinajstić information content (AvgIpc) is 3.00. The minimum absolute atomic E-state index is 0.128. The average molecular weight is 347 g/mol. The highest BCUT2D eigenvalue weighted by Crippen LogP contribution is 2.24. The topological polar surface area (TPSA) is 77.2 Å². The predicted molar refractivity (Wildman–Crippen MR) is 97.8 cm³/mol. The van der Waals surface area contributed by atoms with Gasteiger partial charge in [-0.1, -0.05) is 32.9 Å². The number of carbonyl (C=O) groups excluding carboxylic acids is 1. The van der Waals surface area contributed by atoms with Crippen LogP contribution in [-0.2, 0) is 11.8 Å². The summed E-state index contributed by atoms with van der Waals surface area (Å²) in [4.78, 5) is 16.2. The van der Waals surface area contributed by atoms with Gasteiger partial charge in [-0.25, -0.2) is 4.98 Å². The largest absolute Gasteiger partial charge is 0.492 e. The number of benzene rings is 1. The van der Waals surface area contributed by atoms with E-state index in [0.717, 1.165) is 10.8 Å². The van der Waals surface area contributed by atoms with Gasteiger partial charge in [-0.05, 0) is 29.7 Å². The molecule has 0 radical (unpaired) electrons. The number of hydrogen-bond donors (Lipinski definition) is 2. The molecule has 0 atom stereocenters. The second-order valence-corrected chi connectivity index (χ2v) is 7.49. The highest BCUT2D eigenvalue weighted by atomic mass is 32.1. The normalized spacial score (nSPS) is 11.3. The van der Waals surface area contributed by atoms with E-state index in [4.69, 9.17) is 10.5 Å². The molecular weight excluding hydrogens is 322 g/mol. The fourth-order valence-corrected chi connectivity index (χ4v) is 2.92. The van der Waals surface area contributed by atoms with Gasteiger partial charge in [0.05, 0.1) is 11.6 Å². The van der Waals surface area contributed by atoms with Crippen LogP contribution in [0.25, 0.3) is 0 Å². The number of nitrogens with one attached hydrogen (secondary N) is 1. The molecule has 1 aromatic heterocycles. The monoisotopic (exact) mass is 347 g/mol. The van der Waals surface area contributed by atoms with Crippen molar-refractivity contribution in [2.45, 2.75) is 32.6 Å². The smallest absolute Gasteiger partial charge is 0.270 e. The van der Waals surface area contributed by atoms with Crippen molar-refractivity contribution in [1.82, 2.24) is 10.3 Å². The second-order valence-electron chi connectivity index (χ2n) is 6.54. The van der Waals surface area contributed by atoms with Gasteiger partial charge in [0, 0.05) is 11.8 Å². The molecule has 1 amide bonds. The number of nitrogens with two attached hydrogens (primary N) is 1. The van der Waals surface area contributed by atoms with Crippen LogP contribution >= 0.6 is 11.3 Å². The zero-order valence-electron chi connectivity index (χ0n) is 14.5. The molecule has 0 saturated carbocycles. The number of aromatic nitrogens is 1. The van der Waals surface area contributed by atoms with Crippen LogP contribution in [0.3, 0.4) is 0 Å². The van der Waals surface area contributed by atoms with E-state index >= 15 is 0 Å². The van der Waals surface area contributed by atoms with Crippen LogP contribution in [0.4, 0.5) is 0 Å². The first-order valence-electron chi connectivity index (χ1n) is 8.06. The molecule has 5 nitrogen and oxygen atoms in total. The lowest BCUT2D eigenvalue weighted by molar-refractivity contribution is 0.0942. The van der Waals surface area contributed by atoms with E-state index < -0.39 is 0 Å². The summed E-state index contributed by atoms with van der Waals surface area (Å²) >= 11 is 1.46. The van der Waals surface area contributed by atoms with Gasteiger partial charge >= 0.3 is 0 Å². The van der Waals surface area contributed by atoms with Crippen LogP contribution in [0.2, 0.25) is 0 Å². The fourth-order valence-electron chi connectivity index (χ4n) is 2.13. The van der Waals surface area contributed by atoms with Gasteiger partial charge < -0.3 is 15.8 Å². The first kappa shape index (κ1) is 18.4. The molecule has 0 aliphatic heterocycles. The van der Waals surface area contributed by atoms with Crippen molar-refractivity contribution >= 4 is 17.2 Å². The van der Waals surface area contributed by atoms with Crippen LogP contribution in [0.5, 0.6) is 5.75 Å². The lowest BCUT2D eigenvalue weighted by atomic mass is 9.87. The Bertz CT molecular complexity index is 660. The minimum atomic E-state index is -0.179. The van der Waals surface area contributed by atoms with Crippen molar-refractivity contribution in [2.75, 3.05) is 19.7 Å². The van der Waals surface area contributed by atoms with E-state index in [0.29, 0.717) is 31.8 Å². The molecular formula is C18H25N3O2S. The molecule has 130 valence electrons. The summed E-state index contributed by atoms with van der Waals surface area (Å²) in [7, 11) is 0. The summed E-state index contributed by atoms with van der Waals surface area (Å²) in [5.74, 6) is 0.623. The SMILES string of the molecule is CC(C)(C)c1ccc(OCCNC(=O)c2csc(CCN)n2)cc1. The van der Waals surface area contributed by atoms with E-state index in [1.165, 1.54) is 16.9 Å². The fraction of sp³-hybridized carbons (Fsp3) is 0.444. The Kier molecular flexibility index (Phi) is 6.34. The summed E-state index contributed by atoms with van der Waals surface area (Å²) < 4.78 is 5.65. The van der Waals surface area contributed by atoms with Crippen LogP contribution in [0, 0.1) is 0 Å². The summed E-state index contributed by atoms with van der Waals surface area (Å²) in [5.41, 5.74) is 7.32. The van der Waals surface area contributed by atoms with Gasteiger partial charge in [-0.3, -0.25) is 4.79 Å². The van der Waals surface area contributed by atoms with E-state index in [1.54, 1.807) is 5.38 Å². The molecule has 3 N–H and O–H groups in total. The van der Waals surface area contributed by atoms with Gasteiger partial charge in [0.2, 0.25) is 0 Å². The maximum absolute atomic E-state index is 12.0. The van der Waals surface area contributed by atoms with E-state index in [9.17, 15) is 4.79 Å². The summed E-state index contributed by atoms with van der Waals surface area (Å²) in [6.07, 6.45) is 0.700. The lowest BCUT2D eigenvalue weighted by Crippen LogP contribution is -2.28. The highest BCUT2D eigenvalue weighted by Gasteiger charge is 2.13. The number of carbonyl (C=O) groups is 1. The molecule has 0 saturated heterocycles. The maximum Gasteiger partial charge on any atom is 0.270 e. The number of thiazole rings is 1. The number of rotatable bonds is 7. The Labute approximate surface area is 147 Å². The molecule has 0 bridgehead atoms. The molecule has 2 aromatic rings. The third-order valence-electron chi connectivity index (χ3n) is 3.52. The zero-order valence-corrected chi connectivity index (χ0v) is 15.3. The number of ether oxygens (including phenoxy) is 1. The second kappa shape index (κ2) is 8.26. The molecule has 24 heavy (non-hydrogen) atoms. The van der Waals surface area contributed by atoms with Gasteiger partial charge in [-0.2, -0.15) is 0 Å². The van der Waals surface area contributed by atoms with Crippen molar-refractivity contribution in [3.05, 3.63) is 45.9 Å². The Morgan fingerprint density at radius 1 is 1.29 bits per heavy atom. The molecule has 6 heteroatoms. The Morgan fingerprint density at radius 2 is 2.00 bits per heavy atom. The summed E-state index contributed by atoms with van der Waals surface area (Å²) in [6, 6.07) is 8.06. The van der Waals surface area contributed by atoms with Crippen molar-refractivity contribution in [3.63, 3.8) is 0 Å². The number of amides is 1. The van der Waals surface area contributed by atoms with Crippen LogP contribution in [0.1, 0.15) is 41.8 Å². The quantitative estimate of drug-likeness (QED) is 0.755. The van der Waals surface area contributed by atoms with E-state index in [-0.39, 0.29) is 11.3 Å². The first-order chi connectivity index (χ1) is 11.4. The standard InChI is InChI=1S/C18H25N3O2S/c1-18(2,3)13-4-6-14(7-5-13)23-11-10-20-17(22)15-12-24-16(21-15)8-9-19/h4-7,12H,8-11,19H2,1-3H3,(H,20,22). The van der Waals surface area contributed by atoms with E-state index in [2.05, 4.69) is 43.2 Å².